The number of carbonyl (C=O) groups excluding carboxylic acids is 1. The summed E-state index contributed by atoms with van der Waals surface area (Å²) >= 11 is 0. The summed E-state index contributed by atoms with van der Waals surface area (Å²) in [5.74, 6) is 0.108. The first-order chi connectivity index (χ1) is 9.15. The summed E-state index contributed by atoms with van der Waals surface area (Å²) in [6, 6.07) is 6.22. The molecule has 0 aliphatic carbocycles. The van der Waals surface area contributed by atoms with Gasteiger partial charge in [0.15, 0.2) is 0 Å². The fraction of sp³-hybridized carbons (Fsp3) is 0.417. The Hall–Kier alpha value is -1.89. The maximum atomic E-state index is 12.0. The highest BCUT2D eigenvalue weighted by molar-refractivity contribution is 5.67. The fourth-order valence-electron chi connectivity index (χ4n) is 1.67. The van der Waals surface area contributed by atoms with Crippen LogP contribution in [0, 0.1) is 0 Å². The third-order valence-corrected chi connectivity index (χ3v) is 2.59. The monoisotopic (exact) mass is 272 g/mol. The van der Waals surface area contributed by atoms with Crippen LogP contribution in [0.2, 0.25) is 0 Å². The number of hydrogen-bond acceptors (Lipinski definition) is 4. The second kappa shape index (κ2) is 6.33. The lowest BCUT2D eigenvalue weighted by atomic mass is 10.2. The molecule has 1 aromatic rings. The molecule has 1 aromatic carbocycles. The Labute approximate surface area is 109 Å². The molecule has 7 heteroatoms. The summed E-state index contributed by atoms with van der Waals surface area (Å²) in [5.41, 5.74) is 3.76. The van der Waals surface area contributed by atoms with E-state index in [1.807, 2.05) is 0 Å². The lowest BCUT2D eigenvalue weighted by Gasteiger charge is -2.26. The Morgan fingerprint density at radius 2 is 2.11 bits per heavy atom. The summed E-state index contributed by atoms with van der Waals surface area (Å²) in [6.07, 6.45) is 0.379. The minimum absolute atomic E-state index is 0.108. The molecule has 104 valence electrons. The molecule has 1 aliphatic rings. The highest BCUT2D eigenvalue weighted by Crippen LogP contribution is 2.15. The van der Waals surface area contributed by atoms with Crippen molar-refractivity contribution in [2.45, 2.75) is 19.6 Å². The van der Waals surface area contributed by atoms with Crippen molar-refractivity contribution < 1.29 is 23.0 Å². The molecule has 0 atom stereocenters. The molecule has 0 radical (unpaired) electrons. The van der Waals surface area contributed by atoms with Gasteiger partial charge >= 0.3 is 12.7 Å². The summed E-state index contributed by atoms with van der Waals surface area (Å²) in [4.78, 5) is 11.3. The van der Waals surface area contributed by atoms with E-state index in [1.54, 1.807) is 12.1 Å². The van der Waals surface area contributed by atoms with E-state index < -0.39 is 12.7 Å². The predicted octanol–water partition coefficient (Wildman–Crippen LogP) is 2.13. The Balaban J connectivity index is 1.84. The molecule has 1 heterocycles. The molecular weight excluding hydrogens is 258 g/mol. The van der Waals surface area contributed by atoms with E-state index in [-0.39, 0.29) is 5.75 Å². The van der Waals surface area contributed by atoms with Gasteiger partial charge in [-0.1, -0.05) is 12.1 Å². The number of cyclic esters (lactones) is 1. The van der Waals surface area contributed by atoms with Gasteiger partial charge in [-0.25, -0.2) is 15.2 Å². The van der Waals surface area contributed by atoms with Gasteiger partial charge in [-0.15, -0.1) is 0 Å². The van der Waals surface area contributed by atoms with Crippen molar-refractivity contribution in [2.75, 3.05) is 13.2 Å². The number of ether oxygens (including phenoxy) is 2. The number of carbonyl (C=O) groups is 1. The van der Waals surface area contributed by atoms with Crippen LogP contribution < -0.4 is 10.2 Å². The van der Waals surface area contributed by atoms with Gasteiger partial charge in [-0.2, -0.15) is 8.78 Å². The van der Waals surface area contributed by atoms with E-state index >= 15 is 0 Å². The van der Waals surface area contributed by atoms with Crippen LogP contribution in [-0.4, -0.2) is 30.9 Å². The van der Waals surface area contributed by atoms with Gasteiger partial charge < -0.3 is 9.47 Å². The van der Waals surface area contributed by atoms with Gasteiger partial charge in [-0.3, -0.25) is 0 Å². The van der Waals surface area contributed by atoms with Crippen molar-refractivity contribution in [3.8, 4) is 5.75 Å². The van der Waals surface area contributed by atoms with Gasteiger partial charge in [0.05, 0.1) is 6.61 Å². The second-order valence-corrected chi connectivity index (χ2v) is 3.98. The zero-order valence-corrected chi connectivity index (χ0v) is 10.1. The highest BCUT2D eigenvalue weighted by Gasteiger charge is 2.18. The number of hydrogen-bond donors (Lipinski definition) is 1. The largest absolute Gasteiger partial charge is 0.448 e. The van der Waals surface area contributed by atoms with Gasteiger partial charge in [0.25, 0.3) is 0 Å². The minimum Gasteiger partial charge on any atom is -0.448 e. The highest BCUT2D eigenvalue weighted by atomic mass is 19.3. The molecule has 5 nitrogen and oxygen atoms in total. The molecule has 0 unspecified atom stereocenters. The van der Waals surface area contributed by atoms with Gasteiger partial charge in [-0.05, 0) is 17.7 Å². The summed E-state index contributed by atoms with van der Waals surface area (Å²) in [5, 5.41) is 1.40. The van der Waals surface area contributed by atoms with Crippen molar-refractivity contribution in [1.29, 1.82) is 0 Å². The Kier molecular flexibility index (Phi) is 4.51. The topological polar surface area (TPSA) is 50.8 Å². The number of alkyl halides is 2. The zero-order valence-electron chi connectivity index (χ0n) is 10.1. The van der Waals surface area contributed by atoms with E-state index in [1.165, 1.54) is 17.1 Å². The van der Waals surface area contributed by atoms with Gasteiger partial charge in [0.1, 0.15) is 5.75 Å². The van der Waals surface area contributed by atoms with Crippen LogP contribution in [0.1, 0.15) is 12.0 Å². The summed E-state index contributed by atoms with van der Waals surface area (Å²) in [7, 11) is 0. The summed E-state index contributed by atoms with van der Waals surface area (Å²) in [6.45, 7) is -1.39. The maximum absolute atomic E-state index is 12.0. The van der Waals surface area contributed by atoms with E-state index in [2.05, 4.69) is 10.2 Å². The van der Waals surface area contributed by atoms with Crippen LogP contribution in [0.5, 0.6) is 5.75 Å². The number of amides is 1. The van der Waals surface area contributed by atoms with E-state index in [0.29, 0.717) is 19.7 Å². The number of rotatable bonds is 5. The van der Waals surface area contributed by atoms with Crippen LogP contribution in [0.25, 0.3) is 0 Å². The molecule has 19 heavy (non-hydrogen) atoms. The average Bonchev–Trinajstić information content (AvgIpc) is 2.39. The number of hydrazine groups is 1. The van der Waals surface area contributed by atoms with Crippen LogP contribution in [0.4, 0.5) is 13.6 Å². The second-order valence-electron chi connectivity index (χ2n) is 3.98. The Bertz CT molecular complexity index is 425. The molecule has 0 bridgehead atoms. The average molecular weight is 272 g/mol. The van der Waals surface area contributed by atoms with Crippen LogP contribution in [-0.2, 0) is 11.3 Å². The molecule has 1 fully saturated rings. The first kappa shape index (κ1) is 13.5. The fourth-order valence-corrected chi connectivity index (χ4v) is 1.67. The molecule has 1 amide bonds. The third kappa shape index (κ3) is 4.06. The number of halogens is 2. The van der Waals surface area contributed by atoms with Crippen molar-refractivity contribution in [2.24, 2.45) is 0 Å². The molecule has 0 saturated carbocycles. The van der Waals surface area contributed by atoms with Gasteiger partial charge in [0.2, 0.25) is 0 Å². The third-order valence-electron chi connectivity index (χ3n) is 2.59. The normalized spacial score (nSPS) is 15.5. The van der Waals surface area contributed by atoms with E-state index in [0.717, 1.165) is 12.0 Å². The van der Waals surface area contributed by atoms with Crippen molar-refractivity contribution in [1.82, 2.24) is 10.4 Å². The lowest BCUT2D eigenvalue weighted by molar-refractivity contribution is -0.0498. The first-order valence-electron chi connectivity index (χ1n) is 5.87. The molecule has 1 N–H and O–H groups in total. The Morgan fingerprint density at radius 3 is 2.74 bits per heavy atom. The Morgan fingerprint density at radius 1 is 1.37 bits per heavy atom. The lowest BCUT2D eigenvalue weighted by Crippen LogP contribution is -2.46. The molecule has 1 saturated heterocycles. The van der Waals surface area contributed by atoms with Crippen LogP contribution in [0.3, 0.4) is 0 Å². The van der Waals surface area contributed by atoms with Gasteiger partial charge in [0, 0.05) is 19.5 Å². The first-order valence-corrected chi connectivity index (χ1v) is 5.87. The molecule has 2 rings (SSSR count). The van der Waals surface area contributed by atoms with Crippen molar-refractivity contribution in [3.63, 3.8) is 0 Å². The minimum atomic E-state index is -2.83. The number of nitrogens with zero attached hydrogens (tertiary/aromatic N) is 1. The predicted molar refractivity (Wildman–Crippen MR) is 62.6 cm³/mol. The van der Waals surface area contributed by atoms with Crippen molar-refractivity contribution >= 4 is 6.09 Å². The number of benzene rings is 1. The SMILES string of the molecule is O=C1OCCCN1NCc1ccc(OC(F)F)cc1. The van der Waals surface area contributed by atoms with E-state index in [4.69, 9.17) is 4.74 Å². The number of nitrogens with one attached hydrogen (secondary N) is 1. The molecule has 1 aliphatic heterocycles. The molecule has 0 aromatic heterocycles. The standard InChI is InChI=1S/C12H14F2N2O3/c13-11(14)19-10-4-2-9(3-5-10)8-15-16-6-1-7-18-12(16)17/h2-5,11,15H,1,6-8H2. The van der Waals surface area contributed by atoms with Crippen LogP contribution >= 0.6 is 0 Å². The van der Waals surface area contributed by atoms with Crippen molar-refractivity contribution in [3.05, 3.63) is 29.8 Å². The molecular formula is C12H14F2N2O3. The summed E-state index contributed by atoms with van der Waals surface area (Å²) < 4.78 is 33.0. The van der Waals surface area contributed by atoms with Crippen LogP contribution in [0.15, 0.2) is 24.3 Å². The maximum Gasteiger partial charge on any atom is 0.424 e. The van der Waals surface area contributed by atoms with E-state index in [9.17, 15) is 13.6 Å². The molecule has 0 spiro atoms. The smallest absolute Gasteiger partial charge is 0.424 e. The zero-order chi connectivity index (χ0) is 13.7. The quantitative estimate of drug-likeness (QED) is 0.892.